The lowest BCUT2D eigenvalue weighted by molar-refractivity contribution is -0.145. The van der Waals surface area contributed by atoms with Crippen molar-refractivity contribution in [2.45, 2.75) is 13.3 Å². The minimum Gasteiger partial charge on any atom is -0.466 e. The molecule has 1 amide bonds. The highest BCUT2D eigenvalue weighted by Gasteiger charge is 2.10. The molecule has 0 aliphatic rings. The Balaban J connectivity index is 0.00000289. The van der Waals surface area contributed by atoms with Crippen molar-refractivity contribution in [3.63, 3.8) is 0 Å². The molecule has 0 saturated heterocycles. The topological polar surface area (TPSA) is 80.3 Å². The fourth-order valence-corrected chi connectivity index (χ4v) is 1.16. The Morgan fingerprint density at radius 2 is 2.22 bits per heavy atom. The van der Waals surface area contributed by atoms with Crippen LogP contribution >= 0.6 is 24.0 Å². The summed E-state index contributed by atoms with van der Waals surface area (Å²) >= 11 is 5.80. The van der Waals surface area contributed by atoms with Gasteiger partial charge in [0.15, 0.2) is 5.82 Å². The first kappa shape index (κ1) is 16.5. The Morgan fingerprint density at radius 3 is 2.83 bits per heavy atom. The van der Waals surface area contributed by atoms with E-state index in [9.17, 15) is 9.59 Å². The predicted molar refractivity (Wildman–Crippen MR) is 69.5 cm³/mol. The Labute approximate surface area is 115 Å². The fourth-order valence-electron chi connectivity index (χ4n) is 0.994. The van der Waals surface area contributed by atoms with Crippen molar-refractivity contribution in [3.8, 4) is 0 Å². The van der Waals surface area contributed by atoms with Crippen molar-refractivity contribution >= 4 is 41.7 Å². The number of carbonyl (C=O) groups excluding carboxylic acids is 2. The number of carbonyl (C=O) groups is 2. The Kier molecular flexibility index (Phi) is 7.82. The van der Waals surface area contributed by atoms with Crippen LogP contribution in [0.5, 0.6) is 0 Å². The van der Waals surface area contributed by atoms with Crippen molar-refractivity contribution < 1.29 is 14.3 Å². The number of hydrogen-bond donors (Lipinski definition) is 2. The summed E-state index contributed by atoms with van der Waals surface area (Å²) in [6.45, 7) is 1.91. The van der Waals surface area contributed by atoms with Crippen LogP contribution < -0.4 is 10.9 Å². The molecule has 0 unspecified atom stereocenters. The van der Waals surface area contributed by atoms with E-state index in [-0.39, 0.29) is 25.4 Å². The number of aromatic nitrogens is 1. The van der Waals surface area contributed by atoms with E-state index in [4.69, 9.17) is 11.6 Å². The van der Waals surface area contributed by atoms with E-state index in [1.165, 1.54) is 6.20 Å². The fraction of sp³-hybridized carbons (Fsp3) is 0.300. The van der Waals surface area contributed by atoms with Gasteiger partial charge < -0.3 is 4.74 Å². The van der Waals surface area contributed by atoms with Crippen LogP contribution in [0, 0.1) is 0 Å². The highest BCUT2D eigenvalue weighted by molar-refractivity contribution is 6.32. The average Bonchev–Trinajstić information content (AvgIpc) is 2.28. The highest BCUT2D eigenvalue weighted by atomic mass is 35.5. The molecule has 1 aromatic rings. The van der Waals surface area contributed by atoms with E-state index in [0.717, 1.165) is 0 Å². The molecule has 0 bridgehead atoms. The van der Waals surface area contributed by atoms with Gasteiger partial charge in [0.2, 0.25) is 5.91 Å². The summed E-state index contributed by atoms with van der Waals surface area (Å²) in [6, 6.07) is 3.28. The van der Waals surface area contributed by atoms with Gasteiger partial charge in [-0.1, -0.05) is 11.6 Å². The van der Waals surface area contributed by atoms with Gasteiger partial charge in [-0.15, -0.1) is 12.4 Å². The maximum absolute atomic E-state index is 11.3. The van der Waals surface area contributed by atoms with Crippen LogP contribution in [0.1, 0.15) is 13.3 Å². The van der Waals surface area contributed by atoms with Gasteiger partial charge in [-0.3, -0.25) is 20.4 Å². The second-order valence-corrected chi connectivity index (χ2v) is 3.40. The zero-order valence-corrected chi connectivity index (χ0v) is 11.2. The molecule has 0 spiro atoms. The zero-order valence-electron chi connectivity index (χ0n) is 9.60. The molecule has 0 aromatic carbocycles. The van der Waals surface area contributed by atoms with Crippen LogP contribution in [0.2, 0.25) is 5.02 Å². The maximum Gasteiger partial charge on any atom is 0.315 e. The first-order valence-electron chi connectivity index (χ1n) is 4.94. The predicted octanol–water partition coefficient (Wildman–Crippen LogP) is 1.55. The monoisotopic (exact) mass is 293 g/mol. The molecule has 0 aliphatic heterocycles. The minimum atomic E-state index is -0.584. The van der Waals surface area contributed by atoms with E-state index in [0.29, 0.717) is 10.8 Å². The number of amides is 1. The molecule has 6 nitrogen and oxygen atoms in total. The van der Waals surface area contributed by atoms with Gasteiger partial charge in [0.05, 0.1) is 11.6 Å². The van der Waals surface area contributed by atoms with E-state index in [2.05, 4.69) is 20.6 Å². The maximum atomic E-state index is 11.3. The van der Waals surface area contributed by atoms with E-state index in [1.54, 1.807) is 19.1 Å². The lowest BCUT2D eigenvalue weighted by Crippen LogP contribution is -2.31. The van der Waals surface area contributed by atoms with Crippen LogP contribution in [0.15, 0.2) is 18.3 Å². The number of rotatable bonds is 5. The van der Waals surface area contributed by atoms with Crippen LogP contribution in [-0.2, 0) is 14.3 Å². The van der Waals surface area contributed by atoms with Gasteiger partial charge in [0.25, 0.3) is 0 Å². The third-order valence-corrected chi connectivity index (χ3v) is 1.99. The third kappa shape index (κ3) is 5.70. The van der Waals surface area contributed by atoms with E-state index >= 15 is 0 Å². The third-order valence-electron chi connectivity index (χ3n) is 1.69. The summed E-state index contributed by atoms with van der Waals surface area (Å²) in [4.78, 5) is 26.1. The highest BCUT2D eigenvalue weighted by Crippen LogP contribution is 2.15. The second kappa shape index (κ2) is 8.54. The molecule has 18 heavy (non-hydrogen) atoms. The quantitative estimate of drug-likeness (QED) is 0.489. The largest absolute Gasteiger partial charge is 0.466 e. The summed E-state index contributed by atoms with van der Waals surface area (Å²) in [7, 11) is 0. The molecule has 100 valence electrons. The SMILES string of the molecule is CCOC(=O)CC(=O)NNc1ncccc1Cl.Cl. The smallest absolute Gasteiger partial charge is 0.315 e. The summed E-state index contributed by atoms with van der Waals surface area (Å²) in [6.07, 6.45) is 1.16. The van der Waals surface area contributed by atoms with Crippen molar-refractivity contribution in [1.82, 2.24) is 10.4 Å². The summed E-state index contributed by atoms with van der Waals surface area (Å²) in [5, 5.41) is 0.365. The van der Waals surface area contributed by atoms with Gasteiger partial charge in [-0.25, -0.2) is 4.98 Å². The first-order chi connectivity index (χ1) is 8.13. The molecule has 0 radical (unpaired) electrons. The number of ether oxygens (including phenoxy) is 1. The first-order valence-corrected chi connectivity index (χ1v) is 5.32. The molecule has 8 heteroatoms. The van der Waals surface area contributed by atoms with E-state index in [1.807, 2.05) is 0 Å². The lowest BCUT2D eigenvalue weighted by atomic mass is 10.4. The normalized spacial score (nSPS) is 9.00. The van der Waals surface area contributed by atoms with Gasteiger partial charge in [-0.05, 0) is 19.1 Å². The number of halogens is 2. The van der Waals surface area contributed by atoms with Crippen LogP contribution in [0.25, 0.3) is 0 Å². The molecule has 1 aromatic heterocycles. The zero-order chi connectivity index (χ0) is 12.7. The molecular formula is C10H13Cl2N3O3. The number of nitrogens with zero attached hydrogens (tertiary/aromatic N) is 1. The molecule has 1 rings (SSSR count). The molecule has 0 fully saturated rings. The summed E-state index contributed by atoms with van der Waals surface area (Å²) < 4.78 is 4.62. The number of hydrazine groups is 1. The van der Waals surface area contributed by atoms with Gasteiger partial charge >= 0.3 is 5.97 Å². The molecule has 0 atom stereocenters. The van der Waals surface area contributed by atoms with Crippen molar-refractivity contribution in [2.75, 3.05) is 12.0 Å². The molecular weight excluding hydrogens is 281 g/mol. The second-order valence-electron chi connectivity index (χ2n) is 2.99. The molecule has 0 saturated carbocycles. The van der Waals surface area contributed by atoms with Crippen molar-refractivity contribution in [1.29, 1.82) is 0 Å². The Bertz CT molecular complexity index is 415. The number of anilines is 1. The molecule has 0 aliphatic carbocycles. The van der Waals surface area contributed by atoms with Crippen molar-refractivity contribution in [3.05, 3.63) is 23.4 Å². The van der Waals surface area contributed by atoms with Gasteiger partial charge in [0, 0.05) is 6.20 Å². The average molecular weight is 294 g/mol. The van der Waals surface area contributed by atoms with Gasteiger partial charge in [-0.2, -0.15) is 0 Å². The van der Waals surface area contributed by atoms with Crippen LogP contribution in [-0.4, -0.2) is 23.5 Å². The van der Waals surface area contributed by atoms with Crippen molar-refractivity contribution in [2.24, 2.45) is 0 Å². The Morgan fingerprint density at radius 1 is 1.50 bits per heavy atom. The standard InChI is InChI=1S/C10H12ClN3O3.ClH/c1-2-17-9(16)6-8(15)13-14-10-7(11)4-3-5-12-10;/h3-5H,2,6H2,1H3,(H,12,14)(H,13,15);1H. The van der Waals surface area contributed by atoms with Crippen LogP contribution in [0.4, 0.5) is 5.82 Å². The lowest BCUT2D eigenvalue weighted by Gasteiger charge is -2.08. The molecule has 1 heterocycles. The van der Waals surface area contributed by atoms with E-state index < -0.39 is 11.9 Å². The summed E-state index contributed by atoms with van der Waals surface area (Å²) in [5.74, 6) is -0.796. The Hall–Kier alpha value is -1.53. The minimum absolute atomic E-state index is 0. The van der Waals surface area contributed by atoms with Gasteiger partial charge in [0.1, 0.15) is 6.42 Å². The number of esters is 1. The summed E-state index contributed by atoms with van der Waals surface area (Å²) in [5.41, 5.74) is 4.80. The van der Waals surface area contributed by atoms with Crippen LogP contribution in [0.3, 0.4) is 0 Å². The number of pyridine rings is 1. The number of hydrogen-bond acceptors (Lipinski definition) is 5. The molecule has 2 N–H and O–H groups in total. The number of nitrogens with one attached hydrogen (secondary N) is 2.